The van der Waals surface area contributed by atoms with Crippen LogP contribution in [0.25, 0.3) is 0 Å². The fourth-order valence-electron chi connectivity index (χ4n) is 4.04. The average Bonchev–Trinajstić information content (AvgIpc) is 3.34. The molecule has 2 unspecified atom stereocenters. The lowest BCUT2D eigenvalue weighted by atomic mass is 9.97. The molecule has 3 rings (SSSR count). The van der Waals surface area contributed by atoms with Crippen LogP contribution in [0.3, 0.4) is 0 Å². The summed E-state index contributed by atoms with van der Waals surface area (Å²) in [7, 11) is 0. The van der Waals surface area contributed by atoms with Crippen LogP contribution in [0, 0.1) is 11.8 Å². The second-order valence-electron chi connectivity index (χ2n) is 9.41. The summed E-state index contributed by atoms with van der Waals surface area (Å²) in [5.41, 5.74) is -0.517. The third-order valence-electron chi connectivity index (χ3n) is 5.81. The molecule has 3 heterocycles. The Morgan fingerprint density at radius 1 is 1.24 bits per heavy atom. The summed E-state index contributed by atoms with van der Waals surface area (Å²) < 4.78 is 5.43. The van der Waals surface area contributed by atoms with Crippen molar-refractivity contribution in [1.82, 2.24) is 15.1 Å². The molecule has 2 saturated heterocycles. The SMILES string of the molecule is CC1CCN(C(CNC(=O)C2CCN(C(=O)OC(C)(C)C)C2)c2cccs2)CC1. The summed E-state index contributed by atoms with van der Waals surface area (Å²) in [5.74, 6) is 0.665. The third-order valence-corrected chi connectivity index (χ3v) is 6.78. The maximum Gasteiger partial charge on any atom is 0.410 e. The normalized spacial score (nSPS) is 22.5. The van der Waals surface area contributed by atoms with E-state index in [2.05, 4.69) is 34.7 Å². The lowest BCUT2D eigenvalue weighted by Gasteiger charge is -2.36. The summed E-state index contributed by atoms with van der Waals surface area (Å²) in [6, 6.07) is 4.48. The number of hydrogen-bond donors (Lipinski definition) is 1. The lowest BCUT2D eigenvalue weighted by Crippen LogP contribution is -2.43. The number of likely N-dealkylation sites (tertiary alicyclic amines) is 2. The number of nitrogens with zero attached hydrogens (tertiary/aromatic N) is 2. The van der Waals surface area contributed by atoms with E-state index < -0.39 is 5.60 Å². The van der Waals surface area contributed by atoms with Gasteiger partial charge in [-0.15, -0.1) is 11.3 Å². The Morgan fingerprint density at radius 3 is 2.59 bits per heavy atom. The van der Waals surface area contributed by atoms with Gasteiger partial charge in [-0.1, -0.05) is 13.0 Å². The standard InChI is InChI=1S/C22H35N3O3S/c1-16-7-10-24(11-8-16)18(19-6-5-13-29-19)14-23-20(26)17-9-12-25(15-17)21(27)28-22(2,3)4/h5-6,13,16-18H,7-12,14-15H2,1-4H3,(H,23,26). The van der Waals surface area contributed by atoms with Gasteiger partial charge in [0, 0.05) is 24.5 Å². The summed E-state index contributed by atoms with van der Waals surface area (Å²) in [4.78, 5) is 30.5. The molecule has 2 fully saturated rings. The van der Waals surface area contributed by atoms with Crippen molar-refractivity contribution < 1.29 is 14.3 Å². The second kappa shape index (κ2) is 9.47. The maximum absolute atomic E-state index is 12.8. The van der Waals surface area contributed by atoms with Gasteiger partial charge < -0.3 is 15.0 Å². The lowest BCUT2D eigenvalue weighted by molar-refractivity contribution is -0.124. The summed E-state index contributed by atoms with van der Waals surface area (Å²) >= 11 is 1.76. The number of piperidine rings is 1. The van der Waals surface area contributed by atoms with E-state index in [9.17, 15) is 9.59 Å². The highest BCUT2D eigenvalue weighted by atomic mass is 32.1. The van der Waals surface area contributed by atoms with E-state index >= 15 is 0 Å². The Morgan fingerprint density at radius 2 is 1.97 bits per heavy atom. The number of ether oxygens (including phenoxy) is 1. The van der Waals surface area contributed by atoms with Crippen LogP contribution in [0.2, 0.25) is 0 Å². The Bertz CT molecular complexity index is 678. The van der Waals surface area contributed by atoms with E-state index in [1.54, 1.807) is 16.2 Å². The van der Waals surface area contributed by atoms with E-state index in [4.69, 9.17) is 4.74 Å². The Hall–Kier alpha value is -1.60. The quantitative estimate of drug-likeness (QED) is 0.783. The molecule has 2 aliphatic heterocycles. The zero-order valence-corrected chi connectivity index (χ0v) is 19.0. The highest BCUT2D eigenvalue weighted by Crippen LogP contribution is 2.29. The molecule has 0 radical (unpaired) electrons. The van der Waals surface area contributed by atoms with Crippen LogP contribution >= 0.6 is 11.3 Å². The molecule has 1 aromatic heterocycles. The van der Waals surface area contributed by atoms with Crippen molar-refractivity contribution in [2.24, 2.45) is 11.8 Å². The highest BCUT2D eigenvalue weighted by molar-refractivity contribution is 7.10. The molecule has 1 aromatic rings. The van der Waals surface area contributed by atoms with Gasteiger partial charge in [-0.25, -0.2) is 4.79 Å². The first-order valence-electron chi connectivity index (χ1n) is 10.8. The largest absolute Gasteiger partial charge is 0.444 e. The van der Waals surface area contributed by atoms with Crippen LogP contribution < -0.4 is 5.32 Å². The summed E-state index contributed by atoms with van der Waals surface area (Å²) in [5, 5.41) is 5.28. The number of nitrogens with one attached hydrogen (secondary N) is 1. The van der Waals surface area contributed by atoms with Crippen molar-refractivity contribution in [2.45, 2.75) is 58.6 Å². The molecule has 0 spiro atoms. The van der Waals surface area contributed by atoms with Crippen molar-refractivity contribution in [3.05, 3.63) is 22.4 Å². The molecular weight excluding hydrogens is 386 g/mol. The van der Waals surface area contributed by atoms with Gasteiger partial charge in [-0.05, 0) is 70.5 Å². The fraction of sp³-hybridized carbons (Fsp3) is 0.727. The second-order valence-corrected chi connectivity index (χ2v) is 10.4. The number of rotatable bonds is 5. The van der Waals surface area contributed by atoms with Crippen molar-refractivity contribution >= 4 is 23.3 Å². The zero-order chi connectivity index (χ0) is 21.0. The van der Waals surface area contributed by atoms with Gasteiger partial charge in [0.1, 0.15) is 5.60 Å². The van der Waals surface area contributed by atoms with Crippen molar-refractivity contribution in [2.75, 3.05) is 32.7 Å². The predicted octanol–water partition coefficient (Wildman–Crippen LogP) is 3.89. The van der Waals surface area contributed by atoms with E-state index in [0.29, 0.717) is 26.1 Å². The van der Waals surface area contributed by atoms with Gasteiger partial charge in [0.2, 0.25) is 5.91 Å². The maximum atomic E-state index is 12.8. The molecule has 7 heteroatoms. The fourth-order valence-corrected chi connectivity index (χ4v) is 4.90. The van der Waals surface area contributed by atoms with E-state index in [1.807, 2.05) is 20.8 Å². The van der Waals surface area contributed by atoms with Crippen molar-refractivity contribution in [3.63, 3.8) is 0 Å². The first-order valence-corrected chi connectivity index (χ1v) is 11.6. The van der Waals surface area contributed by atoms with Crippen LogP contribution in [0.5, 0.6) is 0 Å². The molecule has 0 bridgehead atoms. The highest BCUT2D eigenvalue weighted by Gasteiger charge is 2.34. The molecule has 0 aliphatic carbocycles. The van der Waals surface area contributed by atoms with Crippen molar-refractivity contribution in [3.8, 4) is 0 Å². The van der Waals surface area contributed by atoms with Gasteiger partial charge in [-0.3, -0.25) is 9.69 Å². The Kier molecular flexibility index (Phi) is 7.22. The summed E-state index contributed by atoms with van der Waals surface area (Å²) in [6.45, 7) is 11.7. The predicted molar refractivity (Wildman–Crippen MR) is 116 cm³/mol. The smallest absolute Gasteiger partial charge is 0.410 e. The van der Waals surface area contributed by atoms with E-state index in [1.165, 1.54) is 17.7 Å². The molecule has 2 aliphatic rings. The van der Waals surface area contributed by atoms with Crippen LogP contribution in [0.4, 0.5) is 4.79 Å². The van der Waals surface area contributed by atoms with Crippen LogP contribution in [0.1, 0.15) is 57.9 Å². The molecular formula is C22H35N3O3S. The Balaban J connectivity index is 1.53. The van der Waals surface area contributed by atoms with Gasteiger partial charge in [0.05, 0.1) is 12.0 Å². The number of hydrogen-bond acceptors (Lipinski definition) is 5. The summed E-state index contributed by atoms with van der Waals surface area (Å²) in [6.07, 6.45) is 2.79. The first-order chi connectivity index (χ1) is 13.7. The minimum atomic E-state index is -0.517. The molecule has 1 N–H and O–H groups in total. The van der Waals surface area contributed by atoms with Gasteiger partial charge >= 0.3 is 6.09 Å². The zero-order valence-electron chi connectivity index (χ0n) is 18.1. The minimum Gasteiger partial charge on any atom is -0.444 e. The molecule has 6 nitrogen and oxygen atoms in total. The minimum absolute atomic E-state index is 0.0444. The number of carbonyl (C=O) groups excluding carboxylic acids is 2. The third kappa shape index (κ3) is 6.19. The monoisotopic (exact) mass is 421 g/mol. The molecule has 0 aromatic carbocycles. The Labute approximate surface area is 178 Å². The van der Waals surface area contributed by atoms with E-state index in [0.717, 1.165) is 19.0 Å². The number of amides is 2. The van der Waals surface area contributed by atoms with Gasteiger partial charge in [0.15, 0.2) is 0 Å². The van der Waals surface area contributed by atoms with Crippen LogP contribution in [-0.2, 0) is 9.53 Å². The van der Waals surface area contributed by atoms with Crippen LogP contribution in [-0.4, -0.2) is 60.1 Å². The van der Waals surface area contributed by atoms with Gasteiger partial charge in [0.25, 0.3) is 0 Å². The van der Waals surface area contributed by atoms with Gasteiger partial charge in [-0.2, -0.15) is 0 Å². The molecule has 2 amide bonds. The molecule has 2 atom stereocenters. The topological polar surface area (TPSA) is 61.9 Å². The van der Waals surface area contributed by atoms with E-state index in [-0.39, 0.29) is 24.0 Å². The van der Waals surface area contributed by atoms with Crippen LogP contribution in [0.15, 0.2) is 17.5 Å². The number of carbonyl (C=O) groups is 2. The average molecular weight is 422 g/mol. The molecule has 162 valence electrons. The number of thiophene rings is 1. The molecule has 0 saturated carbocycles. The van der Waals surface area contributed by atoms with Crippen molar-refractivity contribution in [1.29, 1.82) is 0 Å². The molecule has 29 heavy (non-hydrogen) atoms. The first kappa shape index (κ1) is 22.1.